The van der Waals surface area contributed by atoms with Crippen LogP contribution in [0, 0.1) is 23.7 Å². The number of benzene rings is 2. The summed E-state index contributed by atoms with van der Waals surface area (Å²) in [6.45, 7) is 20.7. The Balaban J connectivity index is 1.80. The molecule has 11 heteroatoms. The molecule has 270 valence electrons. The summed E-state index contributed by atoms with van der Waals surface area (Å²) in [5.74, 6) is 3.23. The van der Waals surface area contributed by atoms with E-state index in [0.29, 0.717) is 40.9 Å². The molecule has 4 rings (SSSR count). The Morgan fingerprint density at radius 2 is 1.75 bits per heavy atom. The molecule has 1 atom stereocenters. The van der Waals surface area contributed by atoms with Crippen LogP contribution < -0.4 is 19.4 Å². The van der Waals surface area contributed by atoms with Crippen LogP contribution in [0.1, 0.15) is 83.3 Å². The summed E-state index contributed by atoms with van der Waals surface area (Å²) >= 11 is 6.24. The fraction of sp³-hybridized carbons (Fsp3) is 0.450. The van der Waals surface area contributed by atoms with Gasteiger partial charge in [0.05, 0.1) is 23.0 Å². The molecule has 1 aromatic heterocycles. The Labute approximate surface area is 308 Å². The van der Waals surface area contributed by atoms with Gasteiger partial charge in [-0.15, -0.1) is 6.42 Å². The number of fused-ring (bicyclic) bond motifs is 1. The Hall–Kier alpha value is -4.51. The number of ether oxygens (including phenoxy) is 2. The SMILES string of the molecule is C#CCOc1ccc(C[C@H](NC(=O)OC(C)(C)C)C(=O)N2CC(C)(C)c3nc(O[Si](C)(C)C(C)(C)C)c(Cc4ccc(Cl)cc4C#N)cc32)cc1. The van der Waals surface area contributed by atoms with Gasteiger partial charge < -0.3 is 24.1 Å². The molecule has 1 aliphatic heterocycles. The maximum absolute atomic E-state index is 14.7. The molecule has 2 heterocycles. The van der Waals surface area contributed by atoms with Gasteiger partial charge in [-0.05, 0) is 80.4 Å². The van der Waals surface area contributed by atoms with E-state index in [4.69, 9.17) is 36.9 Å². The van der Waals surface area contributed by atoms with Gasteiger partial charge in [0.2, 0.25) is 11.8 Å². The van der Waals surface area contributed by atoms with E-state index < -0.39 is 31.5 Å². The van der Waals surface area contributed by atoms with E-state index in [0.717, 1.165) is 22.4 Å². The molecule has 51 heavy (non-hydrogen) atoms. The molecular weight excluding hydrogens is 680 g/mol. The van der Waals surface area contributed by atoms with E-state index in [1.165, 1.54) is 0 Å². The van der Waals surface area contributed by atoms with Crippen LogP contribution in [0.4, 0.5) is 10.5 Å². The molecule has 0 unspecified atom stereocenters. The third-order valence-corrected chi connectivity index (χ3v) is 13.7. The van der Waals surface area contributed by atoms with Crippen LogP contribution in [-0.2, 0) is 27.8 Å². The van der Waals surface area contributed by atoms with Crippen molar-refractivity contribution in [3.63, 3.8) is 0 Å². The van der Waals surface area contributed by atoms with E-state index in [1.54, 1.807) is 49.9 Å². The van der Waals surface area contributed by atoms with Gasteiger partial charge in [-0.1, -0.05) is 70.3 Å². The van der Waals surface area contributed by atoms with Crippen molar-refractivity contribution in [1.82, 2.24) is 10.3 Å². The number of nitrogens with zero attached hydrogens (tertiary/aromatic N) is 3. The van der Waals surface area contributed by atoms with Crippen LogP contribution in [0.5, 0.6) is 11.6 Å². The number of pyridine rings is 1. The number of carbonyl (C=O) groups is 2. The van der Waals surface area contributed by atoms with Gasteiger partial charge in [-0.3, -0.25) is 4.79 Å². The highest BCUT2D eigenvalue weighted by Crippen LogP contribution is 2.45. The van der Waals surface area contributed by atoms with Crippen LogP contribution in [-0.4, -0.2) is 50.1 Å². The molecule has 0 radical (unpaired) electrons. The Morgan fingerprint density at radius 1 is 1.08 bits per heavy atom. The van der Waals surface area contributed by atoms with Crippen molar-refractivity contribution in [2.45, 2.75) is 103 Å². The van der Waals surface area contributed by atoms with Crippen LogP contribution in [0.15, 0.2) is 48.5 Å². The number of nitriles is 1. The molecule has 1 aliphatic rings. The highest BCUT2D eigenvalue weighted by Gasteiger charge is 2.45. The Kier molecular flexibility index (Phi) is 11.5. The second-order valence-electron chi connectivity index (χ2n) is 16.1. The number of halogens is 1. The monoisotopic (exact) mass is 728 g/mol. The summed E-state index contributed by atoms with van der Waals surface area (Å²) in [6, 6.07) is 15.7. The van der Waals surface area contributed by atoms with Gasteiger partial charge in [-0.2, -0.15) is 5.26 Å². The van der Waals surface area contributed by atoms with Crippen molar-refractivity contribution in [3.8, 4) is 30.0 Å². The molecule has 0 saturated heterocycles. The summed E-state index contributed by atoms with van der Waals surface area (Å²) in [4.78, 5) is 34.6. The average Bonchev–Trinajstić information content (AvgIpc) is 3.28. The van der Waals surface area contributed by atoms with Crippen molar-refractivity contribution < 1.29 is 23.5 Å². The smallest absolute Gasteiger partial charge is 0.408 e. The zero-order valence-electron chi connectivity index (χ0n) is 31.4. The van der Waals surface area contributed by atoms with Crippen molar-refractivity contribution in [3.05, 3.63) is 81.5 Å². The lowest BCUT2D eigenvalue weighted by Crippen LogP contribution is -2.51. The minimum absolute atomic E-state index is 0.104. The van der Waals surface area contributed by atoms with Crippen LogP contribution in [0.25, 0.3) is 0 Å². The van der Waals surface area contributed by atoms with E-state index in [2.05, 4.69) is 51.2 Å². The molecule has 0 aliphatic carbocycles. The minimum atomic E-state index is -2.36. The molecule has 9 nitrogen and oxygen atoms in total. The first-order valence-electron chi connectivity index (χ1n) is 17.0. The molecule has 2 amide bonds. The number of amides is 2. The summed E-state index contributed by atoms with van der Waals surface area (Å²) < 4.78 is 18.0. The lowest BCUT2D eigenvalue weighted by atomic mass is 9.90. The summed E-state index contributed by atoms with van der Waals surface area (Å²) in [6.07, 6.45) is 5.16. The first-order chi connectivity index (χ1) is 23.6. The van der Waals surface area contributed by atoms with Gasteiger partial charge in [0, 0.05) is 35.4 Å². The van der Waals surface area contributed by atoms with Crippen LogP contribution in [0.3, 0.4) is 0 Å². The molecule has 0 fully saturated rings. The molecule has 1 N–H and O–H groups in total. The van der Waals surface area contributed by atoms with Gasteiger partial charge in [-0.25, -0.2) is 9.78 Å². The number of hydrogen-bond donors (Lipinski definition) is 1. The second-order valence-corrected chi connectivity index (χ2v) is 21.3. The highest BCUT2D eigenvalue weighted by molar-refractivity contribution is 6.74. The molecular formula is C40H49ClN4O5Si. The summed E-state index contributed by atoms with van der Waals surface area (Å²) in [5.41, 5.74) is 2.80. The topological polar surface area (TPSA) is 114 Å². The highest BCUT2D eigenvalue weighted by atomic mass is 35.5. The number of nitrogens with one attached hydrogen (secondary N) is 1. The van der Waals surface area contributed by atoms with Crippen molar-refractivity contribution >= 4 is 37.6 Å². The molecule has 0 spiro atoms. The third-order valence-electron chi connectivity index (χ3n) is 9.20. The largest absolute Gasteiger partial charge is 0.530 e. The lowest BCUT2D eigenvalue weighted by Gasteiger charge is -2.36. The first-order valence-corrected chi connectivity index (χ1v) is 20.3. The van der Waals surface area contributed by atoms with Gasteiger partial charge in [0.25, 0.3) is 8.32 Å². The zero-order valence-corrected chi connectivity index (χ0v) is 33.1. The first kappa shape index (κ1) is 39.3. The van der Waals surface area contributed by atoms with E-state index >= 15 is 0 Å². The molecule has 3 aromatic rings. The Morgan fingerprint density at radius 3 is 2.33 bits per heavy atom. The number of anilines is 1. The molecule has 2 aromatic carbocycles. The van der Waals surface area contributed by atoms with E-state index in [-0.39, 0.29) is 24.0 Å². The maximum atomic E-state index is 14.7. The second kappa shape index (κ2) is 15.0. The fourth-order valence-electron chi connectivity index (χ4n) is 5.52. The maximum Gasteiger partial charge on any atom is 0.408 e. The predicted molar refractivity (Wildman–Crippen MR) is 204 cm³/mol. The van der Waals surface area contributed by atoms with Crippen LogP contribution >= 0.6 is 11.6 Å². The fourth-order valence-corrected chi connectivity index (χ4v) is 6.66. The third kappa shape index (κ3) is 9.64. The summed E-state index contributed by atoms with van der Waals surface area (Å²) in [7, 11) is -2.36. The minimum Gasteiger partial charge on any atom is -0.530 e. The van der Waals surface area contributed by atoms with Gasteiger partial charge in [0.15, 0.2) is 0 Å². The van der Waals surface area contributed by atoms with E-state index in [9.17, 15) is 14.9 Å². The molecule has 0 saturated carbocycles. The van der Waals surface area contributed by atoms with Gasteiger partial charge >= 0.3 is 6.09 Å². The number of hydrogen-bond acceptors (Lipinski definition) is 7. The molecule has 0 bridgehead atoms. The quantitative estimate of drug-likeness (QED) is 0.165. The average molecular weight is 729 g/mol. The lowest BCUT2D eigenvalue weighted by molar-refractivity contribution is -0.120. The van der Waals surface area contributed by atoms with Crippen molar-refractivity contribution in [1.29, 1.82) is 5.26 Å². The number of rotatable bonds is 10. The predicted octanol–water partition coefficient (Wildman–Crippen LogP) is 8.35. The number of alkyl carbamates (subject to hydrolysis) is 1. The Bertz CT molecular complexity index is 1860. The van der Waals surface area contributed by atoms with E-state index in [1.807, 2.05) is 38.1 Å². The van der Waals surface area contributed by atoms with Gasteiger partial charge in [0.1, 0.15) is 24.0 Å². The number of carbonyl (C=O) groups excluding carboxylic acids is 2. The van der Waals surface area contributed by atoms with Crippen molar-refractivity contribution in [2.24, 2.45) is 0 Å². The van der Waals surface area contributed by atoms with Crippen molar-refractivity contribution in [2.75, 3.05) is 18.1 Å². The number of aromatic nitrogens is 1. The zero-order chi connectivity index (χ0) is 37.9. The standard InChI is InChI=1S/C40H49ClN4O5Si/c1-12-19-48-31-17-13-26(14-18-31)20-32(43-37(47)49-38(2,3)4)36(46)45-25-40(8,9)34-33(45)23-28(21-27-15-16-30(41)22-29(27)24-42)35(44-34)50-51(10,11)39(5,6)7/h1,13-18,22-23,32H,19-21,25H2,2-11H3,(H,43,47)/t32-/m0/s1. The summed E-state index contributed by atoms with van der Waals surface area (Å²) in [5, 5.41) is 13.1. The van der Waals surface area contributed by atoms with Crippen LogP contribution in [0.2, 0.25) is 23.2 Å². The normalized spacial score (nSPS) is 14.5. The number of terminal acetylenes is 1.